The molecular weight excluding hydrogens is 345 g/mol. The Morgan fingerprint density at radius 1 is 1.12 bits per heavy atom. The van der Waals surface area contributed by atoms with Crippen molar-refractivity contribution in [2.24, 2.45) is 0 Å². The molecule has 3 N–H and O–H groups in total. The number of aromatic nitrogens is 3. The molecule has 8 heteroatoms. The number of carbonyl (C=O) groups is 1. The predicted octanol–water partition coefficient (Wildman–Crippen LogP) is 3.83. The fourth-order valence-corrected chi connectivity index (χ4v) is 2.37. The van der Waals surface area contributed by atoms with Gasteiger partial charge in [-0.2, -0.15) is 5.21 Å². The third-order valence-electron chi connectivity index (χ3n) is 3.59. The molecule has 0 spiro atoms. The van der Waals surface area contributed by atoms with Gasteiger partial charge in [0.25, 0.3) is 5.91 Å². The number of halogens is 2. The molecule has 128 valence electrons. The number of rotatable bonds is 5. The summed E-state index contributed by atoms with van der Waals surface area (Å²) >= 11 is 5.85. The summed E-state index contributed by atoms with van der Waals surface area (Å²) < 4.78 is 13.0. The molecule has 0 unspecified atom stereocenters. The van der Waals surface area contributed by atoms with Crippen molar-refractivity contribution in [2.45, 2.75) is 13.0 Å². The average Bonchev–Trinajstić information content (AvgIpc) is 3.05. The van der Waals surface area contributed by atoms with Crippen LogP contribution >= 0.6 is 11.6 Å². The lowest BCUT2D eigenvalue weighted by molar-refractivity contribution is 0.0935. The molecule has 0 saturated heterocycles. The maximum atomic E-state index is 13.0. The number of hydrogen-bond acceptors (Lipinski definition) is 4. The molecule has 3 rings (SSSR count). The lowest BCUT2D eigenvalue weighted by Crippen LogP contribution is -2.27. The molecule has 1 aromatic heterocycles. The summed E-state index contributed by atoms with van der Waals surface area (Å²) in [4.78, 5) is 12.5. The number of benzene rings is 2. The van der Waals surface area contributed by atoms with Crippen LogP contribution in [0.4, 0.5) is 15.9 Å². The first kappa shape index (κ1) is 16.9. The lowest BCUT2D eigenvalue weighted by Gasteiger charge is -2.14. The number of anilines is 2. The number of carbonyl (C=O) groups excluding carboxylic acids is 1. The Kier molecular flexibility index (Phi) is 4.95. The van der Waals surface area contributed by atoms with Gasteiger partial charge in [-0.25, -0.2) is 4.39 Å². The van der Waals surface area contributed by atoms with E-state index in [1.807, 2.05) is 0 Å². The van der Waals surface area contributed by atoms with Crippen LogP contribution in [0.25, 0.3) is 0 Å². The van der Waals surface area contributed by atoms with E-state index in [0.717, 1.165) is 11.3 Å². The van der Waals surface area contributed by atoms with Gasteiger partial charge in [-0.3, -0.25) is 4.79 Å². The van der Waals surface area contributed by atoms with Gasteiger partial charge in [0.05, 0.1) is 6.04 Å². The standard InChI is InChI=1S/C17H15ClFN5O/c1-10(11-2-6-13(19)7-3-11)20-17(25)15-16(23-24-22-15)21-14-8-4-12(18)5-9-14/h2-10H,1H3,(H,20,25)(H2,21,22,23,24)/t10-/m0/s1. The van der Waals surface area contributed by atoms with Crippen LogP contribution in [0.5, 0.6) is 0 Å². The minimum Gasteiger partial charge on any atom is -0.344 e. The van der Waals surface area contributed by atoms with E-state index in [9.17, 15) is 9.18 Å². The number of hydrogen-bond donors (Lipinski definition) is 3. The lowest BCUT2D eigenvalue weighted by atomic mass is 10.1. The maximum absolute atomic E-state index is 13.0. The predicted molar refractivity (Wildman–Crippen MR) is 93.4 cm³/mol. The van der Waals surface area contributed by atoms with Crippen molar-refractivity contribution in [2.75, 3.05) is 5.32 Å². The largest absolute Gasteiger partial charge is 0.344 e. The van der Waals surface area contributed by atoms with Crippen LogP contribution in [-0.2, 0) is 0 Å². The second-order valence-electron chi connectivity index (χ2n) is 5.40. The van der Waals surface area contributed by atoms with Gasteiger partial charge in [0.1, 0.15) is 5.82 Å². The normalized spacial score (nSPS) is 11.8. The van der Waals surface area contributed by atoms with Crippen LogP contribution in [-0.4, -0.2) is 21.3 Å². The van der Waals surface area contributed by atoms with E-state index in [1.165, 1.54) is 12.1 Å². The highest BCUT2D eigenvalue weighted by atomic mass is 35.5. The second kappa shape index (κ2) is 7.31. The Labute approximate surface area is 148 Å². The van der Waals surface area contributed by atoms with Gasteiger partial charge in [0.2, 0.25) is 0 Å². The van der Waals surface area contributed by atoms with Gasteiger partial charge < -0.3 is 10.6 Å². The average molecular weight is 360 g/mol. The van der Waals surface area contributed by atoms with Gasteiger partial charge in [-0.1, -0.05) is 23.7 Å². The van der Waals surface area contributed by atoms with E-state index >= 15 is 0 Å². The molecule has 2 aromatic carbocycles. The molecule has 3 aromatic rings. The van der Waals surface area contributed by atoms with E-state index in [1.54, 1.807) is 43.3 Å². The van der Waals surface area contributed by atoms with Crippen molar-refractivity contribution in [1.82, 2.24) is 20.7 Å². The van der Waals surface area contributed by atoms with Crippen molar-refractivity contribution in [3.05, 3.63) is 70.6 Å². The SMILES string of the molecule is C[C@H](NC(=O)c1n[nH]nc1Nc1ccc(Cl)cc1)c1ccc(F)cc1. The van der Waals surface area contributed by atoms with Gasteiger partial charge in [0, 0.05) is 10.7 Å². The minimum atomic E-state index is -0.401. The van der Waals surface area contributed by atoms with Crippen molar-refractivity contribution in [1.29, 1.82) is 0 Å². The molecular formula is C17H15ClFN5O. The number of amides is 1. The maximum Gasteiger partial charge on any atom is 0.276 e. The first-order valence-electron chi connectivity index (χ1n) is 7.52. The number of H-pyrrole nitrogens is 1. The fourth-order valence-electron chi connectivity index (χ4n) is 2.25. The van der Waals surface area contributed by atoms with Crippen LogP contribution in [0.1, 0.15) is 29.0 Å². The summed E-state index contributed by atoms with van der Waals surface area (Å²) in [5, 5.41) is 16.7. The van der Waals surface area contributed by atoms with Crippen molar-refractivity contribution < 1.29 is 9.18 Å². The Morgan fingerprint density at radius 3 is 2.48 bits per heavy atom. The third-order valence-corrected chi connectivity index (χ3v) is 3.84. The smallest absolute Gasteiger partial charge is 0.276 e. The zero-order valence-electron chi connectivity index (χ0n) is 13.3. The molecule has 0 radical (unpaired) electrons. The highest BCUT2D eigenvalue weighted by molar-refractivity contribution is 6.30. The molecule has 25 heavy (non-hydrogen) atoms. The number of nitrogens with one attached hydrogen (secondary N) is 3. The van der Waals surface area contributed by atoms with E-state index in [2.05, 4.69) is 26.0 Å². The summed E-state index contributed by atoms with van der Waals surface area (Å²) in [7, 11) is 0. The fraction of sp³-hybridized carbons (Fsp3) is 0.118. The molecule has 6 nitrogen and oxygen atoms in total. The molecule has 0 saturated carbocycles. The Bertz CT molecular complexity index is 864. The molecule has 1 atom stereocenters. The van der Waals surface area contributed by atoms with Gasteiger partial charge >= 0.3 is 0 Å². The molecule has 0 aliphatic carbocycles. The summed E-state index contributed by atoms with van der Waals surface area (Å²) in [5.74, 6) is -0.429. The van der Waals surface area contributed by atoms with Crippen molar-refractivity contribution in [3.63, 3.8) is 0 Å². The Hall–Kier alpha value is -2.93. The molecule has 0 aliphatic heterocycles. The Morgan fingerprint density at radius 2 is 1.80 bits per heavy atom. The summed E-state index contributed by atoms with van der Waals surface area (Å²) in [5.41, 5.74) is 1.63. The van der Waals surface area contributed by atoms with E-state index < -0.39 is 5.91 Å². The third kappa shape index (κ3) is 4.13. The van der Waals surface area contributed by atoms with Crippen LogP contribution in [0.15, 0.2) is 48.5 Å². The van der Waals surface area contributed by atoms with Gasteiger partial charge in [-0.05, 0) is 48.9 Å². The highest BCUT2D eigenvalue weighted by Crippen LogP contribution is 2.20. The first-order valence-corrected chi connectivity index (χ1v) is 7.90. The Balaban J connectivity index is 1.71. The van der Waals surface area contributed by atoms with Crippen molar-refractivity contribution in [3.8, 4) is 0 Å². The quantitative estimate of drug-likeness (QED) is 0.646. The topological polar surface area (TPSA) is 82.7 Å². The molecule has 1 heterocycles. The number of aromatic amines is 1. The van der Waals surface area contributed by atoms with E-state index in [0.29, 0.717) is 10.8 Å². The molecule has 1 amide bonds. The first-order chi connectivity index (χ1) is 12.0. The highest BCUT2D eigenvalue weighted by Gasteiger charge is 2.19. The summed E-state index contributed by atoms with van der Waals surface area (Å²) in [6, 6.07) is 12.6. The van der Waals surface area contributed by atoms with Crippen LogP contribution in [0, 0.1) is 5.82 Å². The number of nitrogens with zero attached hydrogens (tertiary/aromatic N) is 2. The second-order valence-corrected chi connectivity index (χ2v) is 5.84. The summed E-state index contributed by atoms with van der Waals surface area (Å²) in [6.45, 7) is 1.80. The van der Waals surface area contributed by atoms with Gasteiger partial charge in [0.15, 0.2) is 11.5 Å². The zero-order valence-corrected chi connectivity index (χ0v) is 14.0. The van der Waals surface area contributed by atoms with Gasteiger partial charge in [-0.15, -0.1) is 10.2 Å². The summed E-state index contributed by atoms with van der Waals surface area (Å²) in [6.07, 6.45) is 0. The van der Waals surface area contributed by atoms with Crippen molar-refractivity contribution >= 4 is 29.0 Å². The van der Waals surface area contributed by atoms with Crippen LogP contribution in [0.2, 0.25) is 5.02 Å². The van der Waals surface area contributed by atoms with Crippen LogP contribution in [0.3, 0.4) is 0 Å². The monoisotopic (exact) mass is 359 g/mol. The molecule has 0 fully saturated rings. The molecule has 0 bridgehead atoms. The minimum absolute atomic E-state index is 0.129. The molecule has 0 aliphatic rings. The van der Waals surface area contributed by atoms with E-state index in [-0.39, 0.29) is 17.6 Å². The zero-order chi connectivity index (χ0) is 17.8. The van der Waals surface area contributed by atoms with E-state index in [4.69, 9.17) is 11.6 Å². The van der Waals surface area contributed by atoms with Crippen LogP contribution < -0.4 is 10.6 Å².